The molecular weight excluding hydrogens is 212 g/mol. The van der Waals surface area contributed by atoms with Crippen molar-refractivity contribution in [3.05, 3.63) is 45.0 Å². The molecule has 0 amide bonds. The summed E-state index contributed by atoms with van der Waals surface area (Å²) in [6.07, 6.45) is 2.48. The summed E-state index contributed by atoms with van der Waals surface area (Å²) in [4.78, 5) is 16.1. The van der Waals surface area contributed by atoms with Gasteiger partial charge in [-0.2, -0.15) is 0 Å². The third kappa shape index (κ3) is 1.75. The van der Waals surface area contributed by atoms with Crippen LogP contribution < -0.4 is 5.56 Å². The first-order valence-corrected chi connectivity index (χ1v) is 5.18. The van der Waals surface area contributed by atoms with Gasteiger partial charge in [0.15, 0.2) is 5.65 Å². The van der Waals surface area contributed by atoms with Crippen molar-refractivity contribution in [2.45, 2.75) is 20.3 Å². The number of aryl methyl sites for hydroxylation is 2. The number of halogens is 1. The van der Waals surface area contributed by atoms with Crippen molar-refractivity contribution in [2.24, 2.45) is 0 Å². The molecule has 0 aromatic carbocycles. The van der Waals surface area contributed by atoms with Crippen molar-refractivity contribution in [1.29, 1.82) is 0 Å². The first kappa shape index (κ1) is 10.2. The molecule has 4 heteroatoms. The van der Waals surface area contributed by atoms with E-state index in [0.717, 1.165) is 17.7 Å². The summed E-state index contributed by atoms with van der Waals surface area (Å²) in [6.45, 7) is 3.85. The molecule has 78 valence electrons. The third-order valence-corrected chi connectivity index (χ3v) is 2.55. The minimum absolute atomic E-state index is 0.0811. The quantitative estimate of drug-likeness (QED) is 0.742. The average molecular weight is 223 g/mol. The zero-order valence-corrected chi connectivity index (χ0v) is 9.38. The fourth-order valence-electron chi connectivity index (χ4n) is 1.52. The summed E-state index contributed by atoms with van der Waals surface area (Å²) in [7, 11) is 0. The van der Waals surface area contributed by atoms with Crippen molar-refractivity contribution in [3.63, 3.8) is 0 Å². The Hall–Kier alpha value is -1.35. The first-order chi connectivity index (χ1) is 7.11. The zero-order chi connectivity index (χ0) is 11.0. The molecule has 0 fully saturated rings. The van der Waals surface area contributed by atoms with Crippen LogP contribution in [0.4, 0.5) is 0 Å². The molecule has 0 bridgehead atoms. The van der Waals surface area contributed by atoms with Crippen LogP contribution >= 0.6 is 11.6 Å². The average Bonchev–Trinajstić information content (AvgIpc) is 2.19. The lowest BCUT2D eigenvalue weighted by atomic mass is 10.3. The highest BCUT2D eigenvalue weighted by Crippen LogP contribution is 2.15. The van der Waals surface area contributed by atoms with Crippen molar-refractivity contribution in [2.75, 3.05) is 0 Å². The number of rotatable bonds is 1. The Morgan fingerprint density at radius 1 is 1.47 bits per heavy atom. The van der Waals surface area contributed by atoms with Crippen LogP contribution in [0, 0.1) is 6.92 Å². The highest BCUT2D eigenvalue weighted by molar-refractivity contribution is 6.33. The van der Waals surface area contributed by atoms with Crippen molar-refractivity contribution in [3.8, 4) is 0 Å². The lowest BCUT2D eigenvalue weighted by Crippen LogP contribution is -2.15. The molecule has 0 saturated heterocycles. The highest BCUT2D eigenvalue weighted by Gasteiger charge is 2.05. The number of fused-ring (bicyclic) bond motifs is 1. The Balaban J connectivity index is 2.91. The fourth-order valence-corrected chi connectivity index (χ4v) is 1.82. The Bertz CT molecular complexity index is 575. The SMILES string of the molecule is CCc1cc(=O)n2cc(C)cc(Cl)c2n1. The van der Waals surface area contributed by atoms with Crippen LogP contribution in [-0.2, 0) is 6.42 Å². The van der Waals surface area contributed by atoms with Crippen LogP contribution in [-0.4, -0.2) is 9.38 Å². The van der Waals surface area contributed by atoms with Crippen LogP contribution in [0.25, 0.3) is 5.65 Å². The van der Waals surface area contributed by atoms with Crippen LogP contribution in [0.3, 0.4) is 0 Å². The third-order valence-electron chi connectivity index (χ3n) is 2.27. The molecule has 2 aromatic rings. The van der Waals surface area contributed by atoms with Gasteiger partial charge in [0.05, 0.1) is 5.02 Å². The van der Waals surface area contributed by atoms with Gasteiger partial charge in [-0.15, -0.1) is 0 Å². The summed E-state index contributed by atoms with van der Waals surface area (Å²) in [5.74, 6) is 0. The molecule has 0 saturated carbocycles. The van der Waals surface area contributed by atoms with Gasteiger partial charge in [0, 0.05) is 18.0 Å². The Morgan fingerprint density at radius 3 is 2.87 bits per heavy atom. The monoisotopic (exact) mass is 222 g/mol. The van der Waals surface area contributed by atoms with E-state index in [4.69, 9.17) is 11.6 Å². The molecule has 2 aromatic heterocycles. The first-order valence-electron chi connectivity index (χ1n) is 4.80. The number of pyridine rings is 1. The van der Waals surface area contributed by atoms with Gasteiger partial charge in [-0.25, -0.2) is 4.98 Å². The molecule has 2 rings (SSSR count). The van der Waals surface area contributed by atoms with Crippen molar-refractivity contribution < 1.29 is 0 Å². The van der Waals surface area contributed by atoms with Gasteiger partial charge >= 0.3 is 0 Å². The molecule has 0 aliphatic heterocycles. The second-order valence-corrected chi connectivity index (χ2v) is 3.91. The minimum Gasteiger partial charge on any atom is -0.269 e. The highest BCUT2D eigenvalue weighted by atomic mass is 35.5. The summed E-state index contributed by atoms with van der Waals surface area (Å²) < 4.78 is 1.48. The van der Waals surface area contributed by atoms with Crippen molar-refractivity contribution >= 4 is 17.2 Å². The van der Waals surface area contributed by atoms with Gasteiger partial charge in [0.25, 0.3) is 5.56 Å². The zero-order valence-electron chi connectivity index (χ0n) is 8.62. The fraction of sp³-hybridized carbons (Fsp3) is 0.273. The summed E-state index contributed by atoms with van der Waals surface area (Å²) in [5, 5.41) is 0.516. The van der Waals surface area contributed by atoms with Gasteiger partial charge in [-0.05, 0) is 25.0 Å². The Morgan fingerprint density at radius 2 is 2.20 bits per heavy atom. The van der Waals surface area contributed by atoms with E-state index < -0.39 is 0 Å². The predicted molar refractivity (Wildman–Crippen MR) is 60.6 cm³/mol. The maximum absolute atomic E-state index is 11.7. The van der Waals surface area contributed by atoms with E-state index >= 15 is 0 Å². The Kier molecular flexibility index (Phi) is 2.49. The number of nitrogens with zero attached hydrogens (tertiary/aromatic N) is 2. The second-order valence-electron chi connectivity index (χ2n) is 3.50. The number of hydrogen-bond donors (Lipinski definition) is 0. The number of hydrogen-bond acceptors (Lipinski definition) is 2. The van der Waals surface area contributed by atoms with E-state index in [1.165, 1.54) is 4.40 Å². The molecule has 0 spiro atoms. The maximum atomic E-state index is 11.7. The lowest BCUT2D eigenvalue weighted by Gasteiger charge is -2.05. The van der Waals surface area contributed by atoms with Gasteiger partial charge in [-0.1, -0.05) is 18.5 Å². The standard InChI is InChI=1S/C11H11ClN2O/c1-3-8-5-10(15)14-6-7(2)4-9(12)11(14)13-8/h4-6H,3H2,1-2H3. The van der Waals surface area contributed by atoms with E-state index in [9.17, 15) is 4.79 Å². The van der Waals surface area contributed by atoms with E-state index in [0.29, 0.717) is 10.7 Å². The molecule has 0 aliphatic rings. The van der Waals surface area contributed by atoms with Gasteiger partial charge < -0.3 is 0 Å². The number of aromatic nitrogens is 2. The van der Waals surface area contributed by atoms with Crippen molar-refractivity contribution in [1.82, 2.24) is 9.38 Å². The van der Waals surface area contributed by atoms with Gasteiger partial charge in [0.2, 0.25) is 0 Å². The van der Waals surface area contributed by atoms with E-state index in [1.807, 2.05) is 19.9 Å². The topological polar surface area (TPSA) is 34.4 Å². The summed E-state index contributed by atoms with van der Waals surface area (Å²) in [5.41, 5.74) is 2.17. The molecular formula is C11H11ClN2O. The largest absolute Gasteiger partial charge is 0.269 e. The minimum atomic E-state index is -0.0811. The van der Waals surface area contributed by atoms with E-state index in [1.54, 1.807) is 12.3 Å². The maximum Gasteiger partial charge on any atom is 0.258 e. The van der Waals surface area contributed by atoms with Gasteiger partial charge in [-0.3, -0.25) is 9.20 Å². The molecule has 0 aliphatic carbocycles. The van der Waals surface area contributed by atoms with Gasteiger partial charge in [0.1, 0.15) is 0 Å². The van der Waals surface area contributed by atoms with Crippen LogP contribution in [0.15, 0.2) is 23.1 Å². The summed E-state index contributed by atoms with van der Waals surface area (Å²) in [6, 6.07) is 3.35. The molecule has 0 radical (unpaired) electrons. The van der Waals surface area contributed by atoms with Crippen LogP contribution in [0.5, 0.6) is 0 Å². The Labute approximate surface area is 92.3 Å². The second kappa shape index (κ2) is 3.66. The molecule has 2 heterocycles. The molecule has 3 nitrogen and oxygen atoms in total. The lowest BCUT2D eigenvalue weighted by molar-refractivity contribution is 0.960. The summed E-state index contributed by atoms with van der Waals surface area (Å²) >= 11 is 6.04. The van der Waals surface area contributed by atoms with E-state index in [-0.39, 0.29) is 5.56 Å². The van der Waals surface area contributed by atoms with E-state index in [2.05, 4.69) is 4.98 Å². The molecule has 15 heavy (non-hydrogen) atoms. The predicted octanol–water partition coefficient (Wildman–Crippen LogP) is 2.22. The molecule has 0 unspecified atom stereocenters. The van der Waals surface area contributed by atoms with Crippen LogP contribution in [0.1, 0.15) is 18.2 Å². The smallest absolute Gasteiger partial charge is 0.258 e. The molecule has 0 N–H and O–H groups in total. The van der Waals surface area contributed by atoms with Crippen LogP contribution in [0.2, 0.25) is 5.02 Å². The molecule has 0 atom stereocenters. The normalized spacial score (nSPS) is 10.9.